The van der Waals surface area contributed by atoms with Gasteiger partial charge in [0.2, 0.25) is 0 Å². The Labute approximate surface area is 196 Å². The van der Waals surface area contributed by atoms with E-state index in [4.69, 9.17) is 4.42 Å². The van der Waals surface area contributed by atoms with Gasteiger partial charge in [0.15, 0.2) is 5.57 Å². The highest BCUT2D eigenvalue weighted by Gasteiger charge is 2.17. The molecule has 0 aliphatic carbocycles. The van der Waals surface area contributed by atoms with Gasteiger partial charge < -0.3 is 9.73 Å². The fourth-order valence-corrected chi connectivity index (χ4v) is 4.31. The smallest absolute Gasteiger partial charge is 0.273 e. The summed E-state index contributed by atoms with van der Waals surface area (Å²) in [5.74, 6) is -0.149. The van der Waals surface area contributed by atoms with Crippen molar-refractivity contribution >= 4 is 34.6 Å². The predicted molar refractivity (Wildman–Crippen MR) is 125 cm³/mol. The van der Waals surface area contributed by atoms with E-state index < -0.39 is 16.4 Å². The van der Waals surface area contributed by atoms with Crippen molar-refractivity contribution in [1.29, 1.82) is 5.26 Å². The van der Waals surface area contributed by atoms with Crippen molar-refractivity contribution in [2.45, 2.75) is 6.54 Å². The number of aromatic nitrogens is 1. The van der Waals surface area contributed by atoms with Crippen molar-refractivity contribution in [1.82, 2.24) is 9.88 Å². The predicted octanol–water partition coefficient (Wildman–Crippen LogP) is 2.22. The normalized spacial score (nSPS) is 12.1. The molecule has 0 saturated heterocycles. The molecule has 2 aromatic carbocycles. The molecular weight excluding hydrogens is 456 g/mol. The molecule has 2 aromatic heterocycles. The lowest BCUT2D eigenvalue weighted by atomic mass is 10.2. The third-order valence-electron chi connectivity index (χ3n) is 4.77. The van der Waals surface area contributed by atoms with E-state index in [9.17, 15) is 25.0 Å². The average molecular weight is 472 g/mol. The molecule has 34 heavy (non-hydrogen) atoms. The minimum Gasteiger partial charge on any atom is -0.467 e. The minimum atomic E-state index is -0.660. The molecule has 168 valence electrons. The van der Waals surface area contributed by atoms with Crippen molar-refractivity contribution in [3.63, 3.8) is 0 Å². The molecule has 0 radical (unpaired) electrons. The summed E-state index contributed by atoms with van der Waals surface area (Å²) < 4.78 is 6.85. The number of carbonyl (C=O) groups excluding carboxylic acids is 1. The summed E-state index contributed by atoms with van der Waals surface area (Å²) in [6.07, 6.45) is 2.97. The highest BCUT2D eigenvalue weighted by molar-refractivity contribution is 7.07. The number of hydrogen-bond donors (Lipinski definition) is 1. The van der Waals surface area contributed by atoms with E-state index in [2.05, 4.69) is 5.32 Å². The number of para-hydroxylation sites is 1. The van der Waals surface area contributed by atoms with Gasteiger partial charge in [0.25, 0.3) is 17.2 Å². The Hall–Kier alpha value is -4.75. The summed E-state index contributed by atoms with van der Waals surface area (Å²) in [5, 5.41) is 23.5. The Balaban J connectivity index is 1.90. The number of non-ortho nitro benzene ring substituents is 1. The van der Waals surface area contributed by atoms with Gasteiger partial charge >= 0.3 is 0 Å². The highest BCUT2D eigenvalue weighted by atomic mass is 32.1. The fraction of sp³-hybridized carbons (Fsp3) is 0.0417. The van der Waals surface area contributed by atoms with Gasteiger partial charge in [-0.3, -0.25) is 24.3 Å². The molecule has 2 heterocycles. The van der Waals surface area contributed by atoms with Crippen LogP contribution in [0.15, 0.2) is 82.2 Å². The van der Waals surface area contributed by atoms with Crippen molar-refractivity contribution in [3.05, 3.63) is 114 Å². The quantitative estimate of drug-likeness (QED) is 0.338. The maximum absolute atomic E-state index is 13.3. The largest absolute Gasteiger partial charge is 0.467 e. The van der Waals surface area contributed by atoms with Gasteiger partial charge in [0, 0.05) is 12.1 Å². The third-order valence-corrected chi connectivity index (χ3v) is 5.87. The van der Waals surface area contributed by atoms with E-state index in [0.29, 0.717) is 17.0 Å². The standard InChI is InChI=1S/C24H16N4O5S/c25-14-20(22(29)26-15-19-10-5-11-33-19)24-27(17-7-2-1-3-8-17)23(30)21(34-24)13-16-6-4-9-18(12-16)28(31)32/h1-13H,15H2,(H,26,29)/b21-13-,24-20-. The molecule has 10 heteroatoms. The number of nitro groups is 1. The van der Waals surface area contributed by atoms with Crippen LogP contribution < -0.4 is 20.1 Å². The lowest BCUT2D eigenvalue weighted by Gasteiger charge is -2.04. The van der Waals surface area contributed by atoms with Crippen LogP contribution in [0.3, 0.4) is 0 Å². The van der Waals surface area contributed by atoms with Crippen LogP contribution in [-0.2, 0) is 11.3 Å². The summed E-state index contributed by atoms with van der Waals surface area (Å²) in [7, 11) is 0. The van der Waals surface area contributed by atoms with Gasteiger partial charge in [-0.1, -0.05) is 30.3 Å². The highest BCUT2D eigenvalue weighted by Crippen LogP contribution is 2.13. The number of benzene rings is 2. The molecule has 0 atom stereocenters. The van der Waals surface area contributed by atoms with Crippen LogP contribution in [0, 0.1) is 21.4 Å². The van der Waals surface area contributed by atoms with Gasteiger partial charge in [-0.2, -0.15) is 5.26 Å². The Morgan fingerprint density at radius 2 is 1.97 bits per heavy atom. The number of nitrogens with zero attached hydrogens (tertiary/aromatic N) is 3. The van der Waals surface area contributed by atoms with Crippen LogP contribution in [0.1, 0.15) is 11.3 Å². The van der Waals surface area contributed by atoms with Crippen LogP contribution >= 0.6 is 11.3 Å². The lowest BCUT2D eigenvalue weighted by Crippen LogP contribution is -2.33. The molecule has 0 saturated carbocycles. The summed E-state index contributed by atoms with van der Waals surface area (Å²) in [4.78, 5) is 36.8. The Morgan fingerprint density at radius 1 is 1.18 bits per heavy atom. The molecular formula is C24H16N4O5S. The minimum absolute atomic E-state index is 0.0740. The topological polar surface area (TPSA) is 131 Å². The summed E-state index contributed by atoms with van der Waals surface area (Å²) >= 11 is 0.956. The zero-order valence-electron chi connectivity index (χ0n) is 17.5. The van der Waals surface area contributed by atoms with Gasteiger partial charge in [-0.05, 0) is 35.9 Å². The van der Waals surface area contributed by atoms with Crippen LogP contribution in [0.5, 0.6) is 0 Å². The first-order valence-electron chi connectivity index (χ1n) is 9.96. The average Bonchev–Trinajstić information content (AvgIpc) is 3.47. The molecule has 0 spiro atoms. The van der Waals surface area contributed by atoms with E-state index in [1.54, 1.807) is 48.5 Å². The van der Waals surface area contributed by atoms with Crippen LogP contribution in [0.4, 0.5) is 5.69 Å². The van der Waals surface area contributed by atoms with E-state index in [1.807, 2.05) is 6.07 Å². The monoisotopic (exact) mass is 472 g/mol. The van der Waals surface area contributed by atoms with Crippen molar-refractivity contribution in [2.75, 3.05) is 0 Å². The maximum atomic E-state index is 13.3. The summed E-state index contributed by atoms with van der Waals surface area (Å²) in [6, 6.07) is 19.7. The van der Waals surface area contributed by atoms with E-state index in [-0.39, 0.29) is 27.0 Å². The number of nitriles is 1. The number of nitro benzene ring substituents is 1. The number of nitrogens with one attached hydrogen (secondary N) is 1. The number of carbonyl (C=O) groups is 1. The molecule has 0 aliphatic rings. The molecule has 1 N–H and O–H groups in total. The lowest BCUT2D eigenvalue weighted by molar-refractivity contribution is -0.384. The Morgan fingerprint density at radius 3 is 2.65 bits per heavy atom. The van der Waals surface area contributed by atoms with E-state index in [1.165, 1.54) is 35.1 Å². The first kappa shape index (κ1) is 22.4. The second-order valence-corrected chi connectivity index (χ2v) is 8.02. The second kappa shape index (κ2) is 9.81. The molecule has 4 aromatic rings. The summed E-state index contributed by atoms with van der Waals surface area (Å²) in [6.45, 7) is 0.0740. The van der Waals surface area contributed by atoms with Crippen LogP contribution in [0.2, 0.25) is 0 Å². The molecule has 9 nitrogen and oxygen atoms in total. The van der Waals surface area contributed by atoms with Crippen molar-refractivity contribution in [3.8, 4) is 11.8 Å². The van der Waals surface area contributed by atoms with Crippen LogP contribution in [-0.4, -0.2) is 15.4 Å². The molecule has 0 bridgehead atoms. The summed E-state index contributed by atoms with van der Waals surface area (Å²) in [5.41, 5.74) is 0.111. The van der Waals surface area contributed by atoms with E-state index in [0.717, 1.165) is 11.3 Å². The van der Waals surface area contributed by atoms with Crippen LogP contribution in [0.25, 0.3) is 17.3 Å². The number of rotatable bonds is 6. The van der Waals surface area contributed by atoms with Gasteiger partial charge in [-0.15, -0.1) is 11.3 Å². The molecule has 4 rings (SSSR count). The molecule has 0 unspecified atom stereocenters. The molecule has 1 amide bonds. The van der Waals surface area contributed by atoms with Crippen molar-refractivity contribution in [2.24, 2.45) is 0 Å². The van der Waals surface area contributed by atoms with E-state index >= 15 is 0 Å². The van der Waals surface area contributed by atoms with Crippen molar-refractivity contribution < 1.29 is 14.1 Å². The Kier molecular flexibility index (Phi) is 6.47. The number of amides is 1. The first-order chi connectivity index (χ1) is 16.5. The zero-order valence-corrected chi connectivity index (χ0v) is 18.3. The zero-order chi connectivity index (χ0) is 24.1. The number of thiazole rings is 1. The van der Waals surface area contributed by atoms with Gasteiger partial charge in [0.1, 0.15) is 16.5 Å². The SMILES string of the molecule is N#C/C(C(=O)NCc1ccco1)=c1/s/c(=C\c2cccc([N+](=O)[O-])c2)c(=O)n1-c1ccccc1. The van der Waals surface area contributed by atoms with Gasteiger partial charge in [0.05, 0.1) is 28.0 Å². The van der Waals surface area contributed by atoms with Gasteiger partial charge in [-0.25, -0.2) is 0 Å². The fourth-order valence-electron chi connectivity index (χ4n) is 3.21. The number of hydrogen-bond acceptors (Lipinski definition) is 7. The maximum Gasteiger partial charge on any atom is 0.273 e. The molecule has 0 aliphatic heterocycles. The third kappa shape index (κ3) is 4.69. The molecule has 0 fully saturated rings. The second-order valence-electron chi connectivity index (χ2n) is 6.99. The number of furan rings is 1. The Bertz CT molecular complexity index is 1580. The first-order valence-corrected chi connectivity index (χ1v) is 10.8.